The molecule has 0 unspecified atom stereocenters. The van der Waals surface area contributed by atoms with E-state index < -0.39 is 0 Å². The van der Waals surface area contributed by atoms with Crippen molar-refractivity contribution in [1.82, 2.24) is 10.2 Å². The summed E-state index contributed by atoms with van der Waals surface area (Å²) in [7, 11) is 0. The lowest BCUT2D eigenvalue weighted by molar-refractivity contribution is -0.539. The normalized spacial score (nSPS) is 20.6. The molecule has 2 rings (SSSR count). The molecule has 1 amide bonds. The van der Waals surface area contributed by atoms with Crippen LogP contribution in [0.4, 0.5) is 0 Å². The highest BCUT2D eigenvalue weighted by Gasteiger charge is 2.39. The molecule has 2 aliphatic heterocycles. The molecule has 0 atom stereocenters. The third kappa shape index (κ3) is 0.558. The van der Waals surface area contributed by atoms with E-state index in [1.807, 2.05) is 0 Å². The summed E-state index contributed by atoms with van der Waals surface area (Å²) < 4.78 is 0. The van der Waals surface area contributed by atoms with Gasteiger partial charge in [0.1, 0.15) is 6.54 Å². The van der Waals surface area contributed by atoms with E-state index in [1.54, 1.807) is 11.2 Å². The Balaban J connectivity index is 2.41. The molecule has 0 radical (unpaired) electrons. The van der Waals surface area contributed by atoms with Crippen molar-refractivity contribution in [3.05, 3.63) is 0 Å². The molecule has 10 heavy (non-hydrogen) atoms. The van der Waals surface area contributed by atoms with Crippen LogP contribution in [-0.2, 0) is 4.79 Å². The van der Waals surface area contributed by atoms with Crippen LogP contribution in [0.15, 0.2) is 0 Å². The van der Waals surface area contributed by atoms with E-state index >= 15 is 0 Å². The minimum Gasteiger partial charge on any atom is -0.340 e. The van der Waals surface area contributed by atoms with Gasteiger partial charge < -0.3 is 5.32 Å². The van der Waals surface area contributed by atoms with E-state index in [0.29, 0.717) is 12.4 Å². The molecular weight excluding hydrogens is 132 g/mol. The first-order valence-corrected chi connectivity index (χ1v) is 3.04. The molecule has 2 aliphatic rings. The second kappa shape index (κ2) is 1.70. The number of fused-ring (bicyclic) bond motifs is 1. The lowest BCUT2D eigenvalue weighted by atomic mass is 10.3. The average molecular weight is 138 g/mol. The molecule has 0 spiro atoms. The third-order valence-electron chi connectivity index (χ3n) is 1.46. The molecule has 5 heteroatoms. The molecule has 1 fully saturated rings. The maximum atomic E-state index is 10.9. The molecule has 0 aromatic heterocycles. The number of piperazine rings is 1. The average Bonchev–Trinajstić information content (AvgIpc) is 2.36. The number of hydrogen-bond acceptors (Lipinski definition) is 2. The van der Waals surface area contributed by atoms with Gasteiger partial charge in [0.25, 0.3) is 0 Å². The van der Waals surface area contributed by atoms with Crippen LogP contribution in [0, 0.1) is 0 Å². The number of amidine groups is 1. The summed E-state index contributed by atoms with van der Waals surface area (Å²) in [6.45, 7) is 1.44. The summed E-state index contributed by atoms with van der Waals surface area (Å²) in [5.41, 5.74) is 0. The lowest BCUT2D eigenvalue weighted by Gasteiger charge is -2.09. The Morgan fingerprint density at radius 1 is 1.70 bits per heavy atom. The molecule has 0 aromatic carbocycles. The number of nitrogens with one attached hydrogen (secondary N) is 1. The second-order valence-corrected chi connectivity index (χ2v) is 2.10. The van der Waals surface area contributed by atoms with Crippen molar-refractivity contribution in [2.45, 2.75) is 0 Å². The first-order chi connectivity index (χ1) is 4.88. The van der Waals surface area contributed by atoms with Gasteiger partial charge in [-0.1, -0.05) is 0 Å². The van der Waals surface area contributed by atoms with E-state index in [-0.39, 0.29) is 5.91 Å². The predicted molar refractivity (Wildman–Crippen MR) is 31.3 cm³/mol. The topological polar surface area (TPSA) is 60.5 Å². The zero-order valence-corrected chi connectivity index (χ0v) is 5.24. The van der Waals surface area contributed by atoms with Gasteiger partial charge in [0.15, 0.2) is 0 Å². The lowest BCUT2D eigenvalue weighted by Crippen LogP contribution is -2.50. The van der Waals surface area contributed by atoms with Crippen molar-refractivity contribution < 1.29 is 14.4 Å². The second-order valence-electron chi connectivity index (χ2n) is 2.10. The molecule has 0 aromatic rings. The minimum atomic E-state index is -0.135. The molecule has 1 saturated heterocycles. The van der Waals surface area contributed by atoms with E-state index in [0.717, 1.165) is 6.54 Å². The zero-order valence-electron chi connectivity index (χ0n) is 5.24. The van der Waals surface area contributed by atoms with Crippen molar-refractivity contribution in [3.63, 3.8) is 0 Å². The van der Waals surface area contributed by atoms with Crippen LogP contribution in [0.1, 0.15) is 0 Å². The van der Waals surface area contributed by atoms with Gasteiger partial charge in [-0.3, -0.25) is 4.79 Å². The summed E-state index contributed by atoms with van der Waals surface area (Å²) in [6, 6.07) is 0. The fourth-order valence-corrected chi connectivity index (χ4v) is 0.963. The Hall–Kier alpha value is -1.57. The number of nitrogens with zero attached hydrogens (tertiary/aromatic N) is 3. The zero-order chi connectivity index (χ0) is 6.97. The quantitative estimate of drug-likeness (QED) is 0.383. The van der Waals surface area contributed by atoms with Crippen molar-refractivity contribution in [2.24, 2.45) is 0 Å². The van der Waals surface area contributed by atoms with E-state index in [1.165, 1.54) is 0 Å². The summed E-state index contributed by atoms with van der Waals surface area (Å²) in [4.78, 5) is 19.9. The first kappa shape index (κ1) is 5.23. The first-order valence-electron chi connectivity index (χ1n) is 3.04. The summed E-state index contributed by atoms with van der Waals surface area (Å²) in [5, 5.41) is 2.66. The smallest absolute Gasteiger partial charge is 0.340 e. The Morgan fingerprint density at radius 3 is 3.40 bits per heavy atom. The van der Waals surface area contributed by atoms with Gasteiger partial charge in [0, 0.05) is 0 Å². The Bertz CT molecular complexity index is 282. The van der Waals surface area contributed by atoms with Gasteiger partial charge in [-0.25, -0.2) is 0 Å². The van der Waals surface area contributed by atoms with Crippen LogP contribution >= 0.6 is 0 Å². The Labute approximate surface area is 56.8 Å². The van der Waals surface area contributed by atoms with Gasteiger partial charge in [-0.05, 0) is 0 Å². The van der Waals surface area contributed by atoms with Crippen molar-refractivity contribution >= 4 is 18.1 Å². The van der Waals surface area contributed by atoms with Crippen molar-refractivity contribution in [2.75, 3.05) is 13.1 Å². The van der Waals surface area contributed by atoms with Crippen LogP contribution in [0.2, 0.25) is 0 Å². The Kier molecular flexibility index (Phi) is 0.891. The monoisotopic (exact) mass is 138 g/mol. The summed E-state index contributed by atoms with van der Waals surface area (Å²) in [6.07, 6.45) is 1.56. The van der Waals surface area contributed by atoms with E-state index in [2.05, 4.69) is 14.9 Å². The number of carbonyl (C=O) groups is 1. The fourth-order valence-electron chi connectivity index (χ4n) is 0.963. The van der Waals surface area contributed by atoms with Crippen LogP contribution in [0.25, 0.3) is 0 Å². The largest absolute Gasteiger partial charge is 0.514 e. The van der Waals surface area contributed by atoms with Crippen LogP contribution in [0.5, 0.6) is 0 Å². The summed E-state index contributed by atoms with van der Waals surface area (Å²) in [5.74, 6) is 0.273. The highest BCUT2D eigenvalue weighted by Crippen LogP contribution is 1.91. The highest BCUT2D eigenvalue weighted by atomic mass is 16.2. The summed E-state index contributed by atoms with van der Waals surface area (Å²) >= 11 is 0. The molecule has 50 valence electrons. The minimum absolute atomic E-state index is 0.135. The van der Waals surface area contributed by atoms with Gasteiger partial charge >= 0.3 is 18.1 Å². The molecule has 2 heterocycles. The molecule has 5 nitrogen and oxygen atoms in total. The molecular formula is C5H6N4O+2. The van der Waals surface area contributed by atoms with Crippen LogP contribution in [-0.4, -0.2) is 45.7 Å². The number of rotatable bonds is 0. The highest BCUT2D eigenvalue weighted by molar-refractivity contribution is 6.37. The standard InChI is InChI=1S/C5H5N4O/c10-5-4-8-7-3-9(4)2-1-6-5/h3H,1-2H2/q+1/p+1. The number of carbonyl (C=O) groups excluding carboxylic acids is 1. The molecule has 0 saturated carbocycles. The predicted octanol–water partition coefficient (Wildman–Crippen LogP) is -2.27. The van der Waals surface area contributed by atoms with E-state index in [9.17, 15) is 4.79 Å². The van der Waals surface area contributed by atoms with Crippen LogP contribution in [0.3, 0.4) is 0 Å². The molecule has 0 aliphatic carbocycles. The van der Waals surface area contributed by atoms with Crippen molar-refractivity contribution in [3.8, 4) is 0 Å². The number of hydrogen-bond donors (Lipinski definition) is 1. The van der Waals surface area contributed by atoms with Gasteiger partial charge in [0.05, 0.1) is 16.1 Å². The maximum absolute atomic E-state index is 10.9. The fraction of sp³-hybridized carbons (Fsp3) is 0.400. The van der Waals surface area contributed by atoms with Crippen LogP contribution < -0.4 is 5.32 Å². The van der Waals surface area contributed by atoms with Gasteiger partial charge in [0.2, 0.25) is 0 Å². The van der Waals surface area contributed by atoms with E-state index in [4.69, 9.17) is 0 Å². The van der Waals surface area contributed by atoms with Gasteiger partial charge in [-0.2, -0.15) is 4.90 Å². The molecule has 0 bridgehead atoms. The Morgan fingerprint density at radius 2 is 2.60 bits per heavy atom. The van der Waals surface area contributed by atoms with Crippen molar-refractivity contribution in [1.29, 1.82) is 0 Å². The SMILES string of the molecule is O=C1NCCN2C=[N+]=[N+]=C12. The molecule has 1 N–H and O–H groups in total. The maximum Gasteiger partial charge on any atom is 0.514 e. The third-order valence-corrected chi connectivity index (χ3v) is 1.46. The number of amides is 1. The van der Waals surface area contributed by atoms with Gasteiger partial charge in [-0.15, -0.1) is 0 Å².